The van der Waals surface area contributed by atoms with Crippen LogP contribution in [0.1, 0.15) is 5.76 Å². The van der Waals surface area contributed by atoms with E-state index in [0.29, 0.717) is 28.2 Å². The van der Waals surface area contributed by atoms with Crippen molar-refractivity contribution in [2.24, 2.45) is 10.2 Å². The van der Waals surface area contributed by atoms with E-state index in [0.717, 1.165) is 10.9 Å². The summed E-state index contributed by atoms with van der Waals surface area (Å²) in [5.74, 6) is 1.28. The van der Waals surface area contributed by atoms with E-state index in [4.69, 9.17) is 9.56 Å². The molecule has 0 bridgehead atoms. The van der Waals surface area contributed by atoms with Gasteiger partial charge in [-0.1, -0.05) is 18.2 Å². The number of H-pyrrole nitrogens is 1. The second kappa shape index (κ2) is 7.31. The maximum atomic E-state index is 11.4. The minimum Gasteiger partial charge on any atom is -0.455 e. The van der Waals surface area contributed by atoms with Gasteiger partial charge in [0.1, 0.15) is 17.0 Å². The van der Waals surface area contributed by atoms with Crippen LogP contribution in [-0.2, 0) is 10.0 Å². The van der Waals surface area contributed by atoms with Gasteiger partial charge in [-0.05, 0) is 42.5 Å². The highest BCUT2D eigenvalue weighted by molar-refractivity contribution is 7.89. The lowest BCUT2D eigenvalue weighted by molar-refractivity contribution is 0.574. The first-order chi connectivity index (χ1) is 15.0. The van der Waals surface area contributed by atoms with Crippen LogP contribution in [0.3, 0.4) is 0 Å². The van der Waals surface area contributed by atoms with Crippen molar-refractivity contribution in [1.29, 1.82) is 0 Å². The highest BCUT2D eigenvalue weighted by Gasteiger charge is 2.10. The number of furan rings is 1. The fourth-order valence-corrected chi connectivity index (χ4v) is 3.62. The molecule has 0 aliphatic carbocycles. The standard InChI is InChI=1S/C20H15N7O3S/c21-31(28,29)14-8-5-12(6-9-14)17-10-7-13(30-17)11-22-26-20-24-19-18(25-27-20)15-3-1-2-4-16(15)23-19/h1-11H,(H2,21,28,29)(H2,23,24,26,27). The zero-order valence-electron chi connectivity index (χ0n) is 15.9. The molecule has 5 aromatic rings. The summed E-state index contributed by atoms with van der Waals surface area (Å²) < 4.78 is 28.4. The molecular formula is C20H15N7O3S. The highest BCUT2D eigenvalue weighted by Crippen LogP contribution is 2.23. The fraction of sp³-hybridized carbons (Fsp3) is 0. The summed E-state index contributed by atoms with van der Waals surface area (Å²) in [5, 5.41) is 18.4. The SMILES string of the molecule is NS(=O)(=O)c1ccc(-c2ccc(C=NNc3nnc4c(n3)[nH]c3ccccc34)o2)cc1. The van der Waals surface area contributed by atoms with Crippen LogP contribution in [0.2, 0.25) is 0 Å². The smallest absolute Gasteiger partial charge is 0.265 e. The molecule has 0 aliphatic heterocycles. The lowest BCUT2D eigenvalue weighted by Gasteiger charge is -2.00. The Balaban J connectivity index is 1.31. The summed E-state index contributed by atoms with van der Waals surface area (Å²) >= 11 is 0. The number of aromatic nitrogens is 4. The van der Waals surface area contributed by atoms with Gasteiger partial charge >= 0.3 is 0 Å². The second-order valence-corrected chi connectivity index (χ2v) is 8.21. The molecule has 3 aromatic heterocycles. The highest BCUT2D eigenvalue weighted by atomic mass is 32.2. The number of nitrogens with two attached hydrogens (primary N) is 1. The molecule has 0 fully saturated rings. The number of hydrogen-bond acceptors (Lipinski definition) is 8. The van der Waals surface area contributed by atoms with Crippen LogP contribution >= 0.6 is 0 Å². The Morgan fingerprint density at radius 2 is 1.84 bits per heavy atom. The molecule has 0 radical (unpaired) electrons. The molecule has 0 aliphatic rings. The van der Waals surface area contributed by atoms with Crippen molar-refractivity contribution in [3.63, 3.8) is 0 Å². The molecule has 0 saturated carbocycles. The fourth-order valence-electron chi connectivity index (χ4n) is 3.11. The topological polar surface area (TPSA) is 152 Å². The number of primary sulfonamides is 1. The minimum atomic E-state index is -3.74. The number of rotatable bonds is 5. The van der Waals surface area contributed by atoms with Crippen LogP contribution in [0.15, 0.2) is 75.1 Å². The second-order valence-electron chi connectivity index (χ2n) is 6.64. The van der Waals surface area contributed by atoms with Crippen molar-refractivity contribution in [3.8, 4) is 11.3 Å². The molecule has 0 atom stereocenters. The Morgan fingerprint density at radius 3 is 2.65 bits per heavy atom. The third-order valence-corrected chi connectivity index (χ3v) is 5.50. The summed E-state index contributed by atoms with van der Waals surface area (Å²) in [4.78, 5) is 7.61. The van der Waals surface area contributed by atoms with Gasteiger partial charge < -0.3 is 9.40 Å². The first-order valence-corrected chi connectivity index (χ1v) is 10.7. The average Bonchev–Trinajstić information content (AvgIpc) is 3.37. The molecule has 3 heterocycles. The van der Waals surface area contributed by atoms with Crippen LogP contribution in [0.25, 0.3) is 33.4 Å². The van der Waals surface area contributed by atoms with Crippen molar-refractivity contribution < 1.29 is 12.8 Å². The number of hydrogen-bond donors (Lipinski definition) is 3. The third-order valence-electron chi connectivity index (χ3n) is 4.57. The Kier molecular flexibility index (Phi) is 4.46. The lowest BCUT2D eigenvalue weighted by atomic mass is 10.2. The van der Waals surface area contributed by atoms with Crippen LogP contribution in [0, 0.1) is 0 Å². The molecule has 0 amide bonds. The predicted molar refractivity (Wildman–Crippen MR) is 116 cm³/mol. The van der Waals surface area contributed by atoms with E-state index in [-0.39, 0.29) is 10.8 Å². The summed E-state index contributed by atoms with van der Waals surface area (Å²) in [6.07, 6.45) is 1.47. The van der Waals surface area contributed by atoms with E-state index < -0.39 is 10.0 Å². The van der Waals surface area contributed by atoms with E-state index in [9.17, 15) is 8.42 Å². The van der Waals surface area contributed by atoms with Gasteiger partial charge in [0.15, 0.2) is 5.65 Å². The summed E-state index contributed by atoms with van der Waals surface area (Å²) in [5.41, 5.74) is 5.66. The Hall–Kier alpha value is -4.09. The Labute approximate surface area is 175 Å². The molecule has 31 heavy (non-hydrogen) atoms. The van der Waals surface area contributed by atoms with Gasteiger partial charge in [-0.2, -0.15) is 10.1 Å². The molecule has 4 N–H and O–H groups in total. The van der Waals surface area contributed by atoms with E-state index in [1.54, 1.807) is 24.3 Å². The number of hydrazone groups is 1. The number of aromatic amines is 1. The molecular weight excluding hydrogens is 418 g/mol. The Morgan fingerprint density at radius 1 is 1.03 bits per heavy atom. The molecule has 10 nitrogen and oxygen atoms in total. The minimum absolute atomic E-state index is 0.0364. The molecule has 154 valence electrons. The molecule has 11 heteroatoms. The van der Waals surface area contributed by atoms with Gasteiger partial charge in [0.25, 0.3) is 5.95 Å². The summed E-state index contributed by atoms with van der Waals surface area (Å²) in [6.45, 7) is 0. The van der Waals surface area contributed by atoms with Crippen molar-refractivity contribution in [2.75, 3.05) is 5.43 Å². The van der Waals surface area contributed by atoms with E-state index in [2.05, 4.69) is 30.7 Å². The van der Waals surface area contributed by atoms with Crippen LogP contribution in [0.5, 0.6) is 0 Å². The summed E-state index contributed by atoms with van der Waals surface area (Å²) in [7, 11) is -3.74. The average molecular weight is 433 g/mol. The number of para-hydroxylation sites is 1. The van der Waals surface area contributed by atoms with Crippen LogP contribution < -0.4 is 10.6 Å². The van der Waals surface area contributed by atoms with Gasteiger partial charge in [-0.25, -0.2) is 19.0 Å². The largest absolute Gasteiger partial charge is 0.455 e. The van der Waals surface area contributed by atoms with Crippen molar-refractivity contribution in [1.82, 2.24) is 20.2 Å². The monoisotopic (exact) mass is 433 g/mol. The normalized spacial score (nSPS) is 12.2. The number of sulfonamides is 1. The van der Waals surface area contributed by atoms with Crippen LogP contribution in [0.4, 0.5) is 5.95 Å². The molecule has 2 aromatic carbocycles. The van der Waals surface area contributed by atoms with Crippen molar-refractivity contribution >= 4 is 44.3 Å². The Bertz CT molecular complexity index is 1540. The van der Waals surface area contributed by atoms with E-state index >= 15 is 0 Å². The number of nitrogens with one attached hydrogen (secondary N) is 2. The van der Waals surface area contributed by atoms with Gasteiger partial charge in [0.2, 0.25) is 10.0 Å². The van der Waals surface area contributed by atoms with Gasteiger partial charge in [-0.3, -0.25) is 0 Å². The van der Waals surface area contributed by atoms with Crippen molar-refractivity contribution in [3.05, 3.63) is 66.4 Å². The molecule has 0 unspecified atom stereocenters. The quantitative estimate of drug-likeness (QED) is 0.285. The first kappa shape index (κ1) is 18.9. The van der Waals surface area contributed by atoms with E-state index in [1.807, 2.05) is 24.3 Å². The number of benzene rings is 2. The number of anilines is 1. The van der Waals surface area contributed by atoms with Crippen LogP contribution in [-0.4, -0.2) is 34.8 Å². The predicted octanol–water partition coefficient (Wildman–Crippen LogP) is 2.86. The third kappa shape index (κ3) is 3.74. The zero-order chi connectivity index (χ0) is 21.4. The zero-order valence-corrected chi connectivity index (χ0v) is 16.7. The number of nitrogens with zero attached hydrogens (tertiary/aromatic N) is 4. The number of fused-ring (bicyclic) bond motifs is 3. The summed E-state index contributed by atoms with van der Waals surface area (Å²) in [6, 6.07) is 17.3. The van der Waals surface area contributed by atoms with Gasteiger partial charge in [0, 0.05) is 16.5 Å². The first-order valence-electron chi connectivity index (χ1n) is 9.11. The van der Waals surface area contributed by atoms with Gasteiger partial charge in [-0.15, -0.1) is 10.2 Å². The molecule has 0 saturated heterocycles. The molecule has 0 spiro atoms. The molecule has 5 rings (SSSR count). The lowest BCUT2D eigenvalue weighted by Crippen LogP contribution is -2.11. The maximum Gasteiger partial charge on any atom is 0.265 e. The maximum absolute atomic E-state index is 11.4. The van der Waals surface area contributed by atoms with Gasteiger partial charge in [0.05, 0.1) is 11.1 Å². The van der Waals surface area contributed by atoms with Crippen molar-refractivity contribution in [2.45, 2.75) is 4.90 Å². The van der Waals surface area contributed by atoms with E-state index in [1.165, 1.54) is 18.3 Å².